The Morgan fingerprint density at radius 2 is 2.09 bits per heavy atom. The summed E-state index contributed by atoms with van der Waals surface area (Å²) in [5.41, 5.74) is 1.63. The van der Waals surface area contributed by atoms with Crippen LogP contribution in [-0.4, -0.2) is 28.6 Å². The highest BCUT2D eigenvalue weighted by Gasteiger charge is 2.16. The van der Waals surface area contributed by atoms with Gasteiger partial charge in [0.2, 0.25) is 0 Å². The average Bonchev–Trinajstić information content (AvgIpc) is 2.88. The van der Waals surface area contributed by atoms with Gasteiger partial charge in [-0.05, 0) is 31.0 Å². The van der Waals surface area contributed by atoms with Crippen LogP contribution in [0.1, 0.15) is 45.7 Å². The van der Waals surface area contributed by atoms with E-state index in [1.54, 1.807) is 19.1 Å². The number of hydrogen-bond donors (Lipinski definition) is 2. The van der Waals surface area contributed by atoms with E-state index in [2.05, 4.69) is 10.3 Å². The second-order valence-electron chi connectivity index (χ2n) is 5.48. The average molecular weight is 336 g/mol. The largest absolute Gasteiger partial charge is 0.391 e. The molecule has 0 aliphatic carbocycles. The lowest BCUT2D eigenvalue weighted by molar-refractivity contribution is 0.0913. The van der Waals surface area contributed by atoms with Gasteiger partial charge in [0.05, 0.1) is 16.8 Å². The fourth-order valence-corrected chi connectivity index (χ4v) is 3.26. The van der Waals surface area contributed by atoms with E-state index in [1.807, 2.05) is 6.92 Å². The molecule has 4 nitrogen and oxygen atoms in total. The predicted molar refractivity (Wildman–Crippen MR) is 89.3 cm³/mol. The Morgan fingerprint density at radius 3 is 2.74 bits per heavy atom. The smallest absolute Gasteiger partial charge is 0.263 e. The van der Waals surface area contributed by atoms with Crippen molar-refractivity contribution in [2.75, 3.05) is 6.54 Å². The number of aromatic nitrogens is 1. The summed E-state index contributed by atoms with van der Waals surface area (Å²) < 4.78 is 12.9. The summed E-state index contributed by atoms with van der Waals surface area (Å²) >= 11 is 1.33. The molecule has 0 aliphatic rings. The number of rotatable bonds is 7. The van der Waals surface area contributed by atoms with Gasteiger partial charge in [-0.2, -0.15) is 0 Å². The molecule has 2 aromatic rings. The Hall–Kier alpha value is -1.79. The van der Waals surface area contributed by atoms with Crippen molar-refractivity contribution in [3.8, 4) is 0 Å². The van der Waals surface area contributed by atoms with Crippen molar-refractivity contribution < 1.29 is 14.3 Å². The number of nitrogens with one attached hydrogen (secondary N) is 1. The first-order chi connectivity index (χ1) is 11.0. The molecule has 1 aromatic carbocycles. The van der Waals surface area contributed by atoms with Crippen LogP contribution in [0.4, 0.5) is 4.39 Å². The topological polar surface area (TPSA) is 62.2 Å². The van der Waals surface area contributed by atoms with Gasteiger partial charge < -0.3 is 10.4 Å². The zero-order chi connectivity index (χ0) is 16.8. The molecule has 0 saturated heterocycles. The molecule has 6 heteroatoms. The van der Waals surface area contributed by atoms with Crippen LogP contribution in [0.2, 0.25) is 0 Å². The van der Waals surface area contributed by atoms with E-state index in [4.69, 9.17) is 0 Å². The van der Waals surface area contributed by atoms with Crippen LogP contribution in [0.15, 0.2) is 24.3 Å². The number of aliphatic hydroxyl groups excluding tert-OH is 1. The van der Waals surface area contributed by atoms with Crippen LogP contribution in [0.25, 0.3) is 0 Å². The van der Waals surface area contributed by atoms with Crippen LogP contribution in [0.3, 0.4) is 0 Å². The molecule has 2 rings (SSSR count). The predicted octanol–water partition coefficient (Wildman–Crippen LogP) is 3.07. The molecule has 0 bridgehead atoms. The zero-order valence-electron chi connectivity index (χ0n) is 13.3. The van der Waals surface area contributed by atoms with Gasteiger partial charge in [-0.25, -0.2) is 9.37 Å². The normalized spacial score (nSPS) is 12.2. The summed E-state index contributed by atoms with van der Waals surface area (Å²) in [5, 5.41) is 13.2. The van der Waals surface area contributed by atoms with E-state index in [0.717, 1.165) is 17.0 Å². The van der Waals surface area contributed by atoms with Gasteiger partial charge in [0.25, 0.3) is 5.91 Å². The Bertz CT molecular complexity index is 655. The van der Waals surface area contributed by atoms with E-state index >= 15 is 0 Å². The van der Waals surface area contributed by atoms with Crippen molar-refractivity contribution in [2.45, 2.75) is 39.2 Å². The van der Waals surface area contributed by atoms with Gasteiger partial charge in [-0.15, -0.1) is 11.3 Å². The van der Waals surface area contributed by atoms with Gasteiger partial charge >= 0.3 is 0 Å². The minimum atomic E-state index is -0.518. The van der Waals surface area contributed by atoms with Crippen LogP contribution in [-0.2, 0) is 6.42 Å². The maximum absolute atomic E-state index is 12.9. The van der Waals surface area contributed by atoms with Gasteiger partial charge in [0.1, 0.15) is 10.7 Å². The molecule has 0 spiro atoms. The lowest BCUT2D eigenvalue weighted by Crippen LogP contribution is -2.31. The molecule has 23 heavy (non-hydrogen) atoms. The molecule has 1 unspecified atom stereocenters. The van der Waals surface area contributed by atoms with Crippen molar-refractivity contribution in [1.82, 2.24) is 10.3 Å². The SMILES string of the molecule is CCCC(O)CNC(=O)c1sc(Cc2ccc(F)cc2)nc1C. The maximum Gasteiger partial charge on any atom is 0.263 e. The van der Waals surface area contributed by atoms with Crippen molar-refractivity contribution in [3.05, 3.63) is 51.2 Å². The zero-order valence-corrected chi connectivity index (χ0v) is 14.1. The molecule has 0 aliphatic heterocycles. The molecule has 2 N–H and O–H groups in total. The van der Waals surface area contributed by atoms with Gasteiger partial charge in [-0.1, -0.05) is 25.5 Å². The molecule has 1 aromatic heterocycles. The van der Waals surface area contributed by atoms with E-state index in [0.29, 0.717) is 23.4 Å². The number of hydrogen-bond acceptors (Lipinski definition) is 4. The minimum Gasteiger partial charge on any atom is -0.391 e. The highest BCUT2D eigenvalue weighted by molar-refractivity contribution is 7.13. The Morgan fingerprint density at radius 1 is 1.39 bits per heavy atom. The third-order valence-corrected chi connectivity index (χ3v) is 4.59. The third kappa shape index (κ3) is 5.11. The lowest BCUT2D eigenvalue weighted by atomic mass is 10.1. The number of halogens is 1. The van der Waals surface area contributed by atoms with Crippen molar-refractivity contribution in [1.29, 1.82) is 0 Å². The summed E-state index contributed by atoms with van der Waals surface area (Å²) in [6.45, 7) is 4.03. The summed E-state index contributed by atoms with van der Waals surface area (Å²) in [6, 6.07) is 6.26. The molecule has 0 radical (unpaired) electrons. The summed E-state index contributed by atoms with van der Waals surface area (Å²) in [6.07, 6.45) is 1.59. The number of thiazole rings is 1. The van der Waals surface area contributed by atoms with Crippen molar-refractivity contribution in [2.24, 2.45) is 0 Å². The molecule has 1 amide bonds. The Labute approximate surface area is 139 Å². The van der Waals surface area contributed by atoms with Gasteiger partial charge in [0.15, 0.2) is 0 Å². The molecule has 1 heterocycles. The molecule has 1 atom stereocenters. The fourth-order valence-electron chi connectivity index (χ4n) is 2.24. The summed E-state index contributed by atoms with van der Waals surface area (Å²) in [5.74, 6) is -0.477. The first kappa shape index (κ1) is 17.6. The van der Waals surface area contributed by atoms with E-state index < -0.39 is 6.10 Å². The number of benzene rings is 1. The maximum atomic E-state index is 12.9. The monoisotopic (exact) mass is 336 g/mol. The quantitative estimate of drug-likeness (QED) is 0.817. The number of aliphatic hydroxyl groups is 1. The number of amides is 1. The highest BCUT2D eigenvalue weighted by atomic mass is 32.1. The standard InChI is InChI=1S/C17H21FN2O2S/c1-3-4-14(21)10-19-17(22)16-11(2)20-15(23-16)9-12-5-7-13(18)8-6-12/h5-8,14,21H,3-4,9-10H2,1-2H3,(H,19,22). The van der Waals surface area contributed by atoms with E-state index in [1.165, 1.54) is 23.5 Å². The molecule has 124 valence electrons. The molecule has 0 saturated carbocycles. The second-order valence-corrected chi connectivity index (χ2v) is 6.56. The summed E-state index contributed by atoms with van der Waals surface area (Å²) in [7, 11) is 0. The van der Waals surface area contributed by atoms with Gasteiger partial charge in [-0.3, -0.25) is 4.79 Å². The van der Waals surface area contributed by atoms with Crippen LogP contribution in [0.5, 0.6) is 0 Å². The van der Waals surface area contributed by atoms with E-state index in [-0.39, 0.29) is 18.3 Å². The molecular formula is C17H21FN2O2S. The minimum absolute atomic E-state index is 0.208. The van der Waals surface area contributed by atoms with Crippen molar-refractivity contribution >= 4 is 17.2 Å². The first-order valence-corrected chi connectivity index (χ1v) is 8.48. The third-order valence-electron chi connectivity index (χ3n) is 3.44. The van der Waals surface area contributed by atoms with Gasteiger partial charge in [0, 0.05) is 13.0 Å². The number of carbonyl (C=O) groups is 1. The second kappa shape index (κ2) is 8.17. The molecule has 0 fully saturated rings. The first-order valence-electron chi connectivity index (χ1n) is 7.66. The Balaban J connectivity index is 1.99. The number of carbonyl (C=O) groups excluding carboxylic acids is 1. The lowest BCUT2D eigenvalue weighted by Gasteiger charge is -2.09. The van der Waals surface area contributed by atoms with E-state index in [9.17, 15) is 14.3 Å². The fraction of sp³-hybridized carbons (Fsp3) is 0.412. The van der Waals surface area contributed by atoms with Crippen LogP contribution >= 0.6 is 11.3 Å². The Kier molecular flexibility index (Phi) is 6.24. The summed E-state index contributed by atoms with van der Waals surface area (Å²) in [4.78, 5) is 17.2. The number of aryl methyl sites for hydroxylation is 1. The van der Waals surface area contributed by atoms with Crippen LogP contribution in [0, 0.1) is 12.7 Å². The van der Waals surface area contributed by atoms with Crippen LogP contribution < -0.4 is 5.32 Å². The molecular weight excluding hydrogens is 315 g/mol. The number of nitrogens with zero attached hydrogens (tertiary/aromatic N) is 1. The highest BCUT2D eigenvalue weighted by Crippen LogP contribution is 2.21. The van der Waals surface area contributed by atoms with Crippen molar-refractivity contribution in [3.63, 3.8) is 0 Å².